The molecule has 248 valence electrons. The number of amidine groups is 1. The summed E-state index contributed by atoms with van der Waals surface area (Å²) < 4.78 is 2.33. The number of hydrogen-bond donors (Lipinski definition) is 2. The highest BCUT2D eigenvalue weighted by atomic mass is 79.9. The molecule has 1 aliphatic heterocycles. The maximum atomic E-state index is 13.9. The number of nitrogens with zero attached hydrogens (tertiary/aromatic N) is 5. The molecule has 5 rings (SSSR count). The number of halogens is 2. The summed E-state index contributed by atoms with van der Waals surface area (Å²) in [5.74, 6) is 0.0735. The number of anilines is 1. The highest BCUT2D eigenvalue weighted by molar-refractivity contribution is 9.10. The second-order valence-electron chi connectivity index (χ2n) is 12.1. The minimum atomic E-state index is -0.905. The third kappa shape index (κ3) is 9.41. The summed E-state index contributed by atoms with van der Waals surface area (Å²) in [6, 6.07) is 19.6. The van der Waals surface area contributed by atoms with Crippen LogP contribution in [0.5, 0.6) is 0 Å². The van der Waals surface area contributed by atoms with Gasteiger partial charge in [0.25, 0.3) is 5.91 Å². The number of nitrogens with one attached hydrogen (secondary N) is 2. The van der Waals surface area contributed by atoms with Crippen molar-refractivity contribution >= 4 is 67.6 Å². The van der Waals surface area contributed by atoms with E-state index in [2.05, 4.69) is 43.9 Å². The van der Waals surface area contributed by atoms with Gasteiger partial charge in [-0.25, -0.2) is 14.7 Å². The van der Waals surface area contributed by atoms with Crippen molar-refractivity contribution < 1.29 is 9.59 Å². The molecular formula is C36H43BrClN7O2. The molecule has 11 heteroatoms. The van der Waals surface area contributed by atoms with Crippen LogP contribution in [0.3, 0.4) is 0 Å². The molecule has 1 aromatic heterocycles. The number of benzene rings is 3. The van der Waals surface area contributed by atoms with Gasteiger partial charge in [-0.15, -0.1) is 5.10 Å². The Balaban J connectivity index is 1.24. The molecule has 9 nitrogen and oxygen atoms in total. The van der Waals surface area contributed by atoms with Gasteiger partial charge in [0.05, 0.1) is 17.3 Å². The molecular weight excluding hydrogens is 678 g/mol. The zero-order valence-electron chi connectivity index (χ0n) is 26.9. The molecule has 0 saturated carbocycles. The first-order chi connectivity index (χ1) is 22.9. The molecule has 4 aromatic rings. The van der Waals surface area contributed by atoms with E-state index in [0.29, 0.717) is 46.2 Å². The number of fused-ring (bicyclic) bond motifs is 1. The third-order valence-corrected chi connectivity index (χ3v) is 9.32. The van der Waals surface area contributed by atoms with Gasteiger partial charge in [-0.1, -0.05) is 124 Å². The summed E-state index contributed by atoms with van der Waals surface area (Å²) in [6.45, 7) is 2.57. The summed E-state index contributed by atoms with van der Waals surface area (Å²) in [4.78, 5) is 31.5. The van der Waals surface area contributed by atoms with E-state index in [1.165, 1.54) is 56.4 Å². The van der Waals surface area contributed by atoms with Crippen LogP contribution in [0.4, 0.5) is 11.4 Å². The van der Waals surface area contributed by atoms with Crippen LogP contribution in [-0.2, 0) is 16.1 Å². The third-order valence-electron chi connectivity index (χ3n) is 8.36. The molecule has 0 aliphatic carbocycles. The quantitative estimate of drug-likeness (QED) is 0.106. The summed E-state index contributed by atoms with van der Waals surface area (Å²) in [5, 5.41) is 13.5. The maximum Gasteiger partial charge on any atom is 0.274 e. The molecule has 1 unspecified atom stereocenters. The predicted octanol–water partition coefficient (Wildman–Crippen LogP) is 9.31. The zero-order valence-corrected chi connectivity index (χ0v) is 29.3. The van der Waals surface area contributed by atoms with Gasteiger partial charge in [-0.05, 0) is 58.2 Å². The van der Waals surface area contributed by atoms with Gasteiger partial charge in [0.2, 0.25) is 5.91 Å². The van der Waals surface area contributed by atoms with Crippen LogP contribution in [0.25, 0.3) is 11.0 Å². The number of amides is 2. The van der Waals surface area contributed by atoms with E-state index < -0.39 is 6.04 Å². The van der Waals surface area contributed by atoms with Crippen molar-refractivity contribution in [2.24, 2.45) is 4.99 Å². The van der Waals surface area contributed by atoms with Gasteiger partial charge in [0, 0.05) is 16.6 Å². The monoisotopic (exact) mass is 719 g/mol. The number of aromatic nitrogens is 3. The molecule has 47 heavy (non-hydrogen) atoms. The molecule has 2 amide bonds. The molecule has 2 heterocycles. The zero-order chi connectivity index (χ0) is 33.0. The number of carbonyl (C=O) groups is 2. The number of para-hydroxylation sites is 1. The van der Waals surface area contributed by atoms with E-state index in [1.54, 1.807) is 22.9 Å². The van der Waals surface area contributed by atoms with Crippen LogP contribution in [0.1, 0.15) is 95.6 Å². The fourth-order valence-electron chi connectivity index (χ4n) is 5.82. The SMILES string of the molecule is CCCCCCCCCCCCCC(=O)Nc1ccc(Cl)c(N=C2NN(Cc3ccccc3)C(=O)C2n2nnc3cccc(Br)c32)c1. The lowest BCUT2D eigenvalue weighted by atomic mass is 10.1. The van der Waals surface area contributed by atoms with Crippen molar-refractivity contribution in [1.29, 1.82) is 0 Å². The van der Waals surface area contributed by atoms with Crippen molar-refractivity contribution in [1.82, 2.24) is 25.4 Å². The summed E-state index contributed by atoms with van der Waals surface area (Å²) in [7, 11) is 0. The van der Waals surface area contributed by atoms with Crippen LogP contribution in [0, 0.1) is 0 Å². The lowest BCUT2D eigenvalue weighted by Crippen LogP contribution is -2.35. The van der Waals surface area contributed by atoms with Gasteiger partial charge in [0.15, 0.2) is 11.9 Å². The molecule has 1 atom stereocenters. The van der Waals surface area contributed by atoms with Crippen LogP contribution in [-0.4, -0.2) is 37.7 Å². The Kier molecular flexibility index (Phi) is 12.8. The molecule has 3 aromatic carbocycles. The first kappa shape index (κ1) is 34.6. The smallest absolute Gasteiger partial charge is 0.274 e. The van der Waals surface area contributed by atoms with E-state index in [-0.39, 0.29) is 11.8 Å². The molecule has 0 spiro atoms. The fraction of sp³-hybridized carbons (Fsp3) is 0.417. The molecule has 1 fully saturated rings. The van der Waals surface area contributed by atoms with Gasteiger partial charge in [-0.3, -0.25) is 15.0 Å². The predicted molar refractivity (Wildman–Crippen MR) is 193 cm³/mol. The average Bonchev–Trinajstić information content (AvgIpc) is 3.62. The van der Waals surface area contributed by atoms with Gasteiger partial charge < -0.3 is 5.32 Å². The highest BCUT2D eigenvalue weighted by Crippen LogP contribution is 2.33. The van der Waals surface area contributed by atoms with E-state index in [4.69, 9.17) is 16.6 Å². The van der Waals surface area contributed by atoms with E-state index in [0.717, 1.165) is 29.3 Å². The minimum absolute atomic E-state index is 0.0399. The first-order valence-corrected chi connectivity index (χ1v) is 17.9. The Morgan fingerprint density at radius 2 is 1.64 bits per heavy atom. The molecule has 0 radical (unpaired) electrons. The number of aliphatic imine (C=N–C) groups is 1. The lowest BCUT2D eigenvalue weighted by Gasteiger charge is -2.15. The van der Waals surface area contributed by atoms with E-state index in [9.17, 15) is 9.59 Å². The summed E-state index contributed by atoms with van der Waals surface area (Å²) in [6.07, 6.45) is 14.1. The molecule has 0 bridgehead atoms. The Morgan fingerprint density at radius 3 is 2.36 bits per heavy atom. The second kappa shape index (κ2) is 17.4. The Hall–Kier alpha value is -3.76. The van der Waals surface area contributed by atoms with Crippen molar-refractivity contribution in [3.05, 3.63) is 81.8 Å². The standard InChI is InChI=1S/C36H43BrClN7O2/c1-2-3-4-5-6-7-8-9-10-11-15-21-32(46)39-27-22-23-29(38)31(24-27)40-35-34(45-33-28(37)19-16-20-30(33)41-43-45)36(47)44(42-35)25-26-17-13-12-14-18-26/h12-14,16-20,22-24,34H,2-11,15,21,25H2,1H3,(H,39,46)(H,40,42). The van der Waals surface area contributed by atoms with Gasteiger partial charge in [-0.2, -0.15) is 0 Å². The maximum absolute atomic E-state index is 13.9. The molecule has 1 saturated heterocycles. The van der Waals surface area contributed by atoms with Crippen LogP contribution >= 0.6 is 27.5 Å². The van der Waals surface area contributed by atoms with Gasteiger partial charge in [0.1, 0.15) is 11.0 Å². The number of rotatable bonds is 17. The summed E-state index contributed by atoms with van der Waals surface area (Å²) in [5.41, 5.74) is 6.49. The van der Waals surface area contributed by atoms with E-state index >= 15 is 0 Å². The number of unbranched alkanes of at least 4 members (excludes halogenated alkanes) is 10. The van der Waals surface area contributed by atoms with Crippen LogP contribution in [0.2, 0.25) is 5.02 Å². The number of carbonyl (C=O) groups excluding carboxylic acids is 2. The van der Waals surface area contributed by atoms with Crippen molar-refractivity contribution in [3.8, 4) is 0 Å². The van der Waals surface area contributed by atoms with Gasteiger partial charge >= 0.3 is 0 Å². The number of hydrogen-bond acceptors (Lipinski definition) is 5. The van der Waals surface area contributed by atoms with E-state index in [1.807, 2.05) is 48.5 Å². The van der Waals surface area contributed by atoms with Crippen molar-refractivity contribution in [3.63, 3.8) is 0 Å². The minimum Gasteiger partial charge on any atom is -0.326 e. The lowest BCUT2D eigenvalue weighted by molar-refractivity contribution is -0.132. The fourth-order valence-corrected chi connectivity index (χ4v) is 6.52. The normalized spacial score (nSPS) is 15.5. The molecule has 1 aliphatic rings. The average molecular weight is 721 g/mol. The Labute approximate surface area is 290 Å². The second-order valence-corrected chi connectivity index (χ2v) is 13.3. The largest absolute Gasteiger partial charge is 0.326 e. The summed E-state index contributed by atoms with van der Waals surface area (Å²) >= 11 is 10.2. The molecule has 2 N–H and O–H groups in total. The number of hydrazine groups is 1. The van der Waals surface area contributed by atoms with Crippen LogP contribution < -0.4 is 10.7 Å². The van der Waals surface area contributed by atoms with Crippen LogP contribution in [0.15, 0.2) is 76.2 Å². The first-order valence-electron chi connectivity index (χ1n) is 16.7. The Morgan fingerprint density at radius 1 is 0.936 bits per heavy atom. The van der Waals surface area contributed by atoms with Crippen molar-refractivity contribution in [2.45, 2.75) is 96.6 Å². The topological polar surface area (TPSA) is 105 Å². The van der Waals surface area contributed by atoms with Crippen molar-refractivity contribution in [2.75, 3.05) is 5.32 Å². The highest BCUT2D eigenvalue weighted by Gasteiger charge is 2.41. The Bertz CT molecular complexity index is 1680.